The monoisotopic (exact) mass is 330 g/mol. The first-order valence-electron chi connectivity index (χ1n) is 9.11. The first kappa shape index (κ1) is 17.3. The van der Waals surface area contributed by atoms with Gasteiger partial charge in [0, 0.05) is 28.5 Å². The van der Waals surface area contributed by atoms with E-state index in [0.29, 0.717) is 17.7 Å². The van der Waals surface area contributed by atoms with E-state index in [1.807, 2.05) is 6.07 Å². The summed E-state index contributed by atoms with van der Waals surface area (Å²) in [5, 5.41) is 11.1. The van der Waals surface area contributed by atoms with Gasteiger partial charge in [0.15, 0.2) is 17.3 Å². The van der Waals surface area contributed by atoms with Crippen LogP contribution in [0.15, 0.2) is 6.07 Å². The Morgan fingerprint density at radius 3 is 2.50 bits per heavy atom. The second kappa shape index (κ2) is 5.50. The zero-order valence-corrected chi connectivity index (χ0v) is 15.8. The molecule has 2 aliphatic rings. The zero-order valence-electron chi connectivity index (χ0n) is 15.8. The highest BCUT2D eigenvalue weighted by Gasteiger charge is 2.53. The topological polar surface area (TPSA) is 46.5 Å². The molecule has 3 nitrogen and oxygen atoms in total. The number of phenolic OH excluding ortho intramolecular Hbond substituents is 1. The van der Waals surface area contributed by atoms with Crippen LogP contribution >= 0.6 is 0 Å². The maximum atomic E-state index is 12.9. The van der Waals surface area contributed by atoms with Crippen molar-refractivity contribution in [3.63, 3.8) is 0 Å². The van der Waals surface area contributed by atoms with Gasteiger partial charge < -0.3 is 9.84 Å². The van der Waals surface area contributed by atoms with Crippen LogP contribution in [0.1, 0.15) is 87.7 Å². The summed E-state index contributed by atoms with van der Waals surface area (Å²) >= 11 is 0. The van der Waals surface area contributed by atoms with Crippen LogP contribution in [0.2, 0.25) is 0 Å². The molecule has 2 atom stereocenters. The number of phenols is 1. The highest BCUT2D eigenvalue weighted by Crippen LogP contribution is 2.60. The molecule has 1 aromatic carbocycles. The van der Waals surface area contributed by atoms with Gasteiger partial charge in [0.25, 0.3) is 0 Å². The SMILES string of the molecule is COc1c(C(C)C)cc2c(c1O)[C@@]1(C)CCCC(C)(C)[C@H]1CC2=O. The van der Waals surface area contributed by atoms with Gasteiger partial charge in [-0.3, -0.25) is 4.79 Å². The van der Waals surface area contributed by atoms with Crippen LogP contribution in [0, 0.1) is 11.3 Å². The van der Waals surface area contributed by atoms with Crippen molar-refractivity contribution < 1.29 is 14.6 Å². The highest BCUT2D eigenvalue weighted by atomic mass is 16.5. The maximum Gasteiger partial charge on any atom is 0.164 e. The first-order chi connectivity index (χ1) is 11.1. The highest BCUT2D eigenvalue weighted by molar-refractivity contribution is 6.01. The Kier molecular flexibility index (Phi) is 3.97. The van der Waals surface area contributed by atoms with Gasteiger partial charge in [0.2, 0.25) is 0 Å². The molecule has 3 heteroatoms. The quantitative estimate of drug-likeness (QED) is 0.811. The van der Waals surface area contributed by atoms with Crippen LogP contribution in [0.5, 0.6) is 11.5 Å². The van der Waals surface area contributed by atoms with Crippen molar-refractivity contribution >= 4 is 5.78 Å². The van der Waals surface area contributed by atoms with Gasteiger partial charge in [0.1, 0.15) is 0 Å². The van der Waals surface area contributed by atoms with Crippen LogP contribution in [0.3, 0.4) is 0 Å². The van der Waals surface area contributed by atoms with Crippen LogP contribution in [-0.2, 0) is 5.41 Å². The number of hydrogen-bond acceptors (Lipinski definition) is 3. The fraction of sp³-hybridized carbons (Fsp3) is 0.667. The van der Waals surface area contributed by atoms with Gasteiger partial charge in [0.05, 0.1) is 7.11 Å². The lowest BCUT2D eigenvalue weighted by atomic mass is 9.50. The molecule has 132 valence electrons. The summed E-state index contributed by atoms with van der Waals surface area (Å²) in [7, 11) is 1.60. The zero-order chi connectivity index (χ0) is 17.9. The lowest BCUT2D eigenvalue weighted by Crippen LogP contribution is -2.49. The Balaban J connectivity index is 2.30. The summed E-state index contributed by atoms with van der Waals surface area (Å²) in [4.78, 5) is 12.9. The van der Waals surface area contributed by atoms with Gasteiger partial charge in [-0.15, -0.1) is 0 Å². The summed E-state index contributed by atoms with van der Waals surface area (Å²) in [5.41, 5.74) is 2.40. The first-order valence-corrected chi connectivity index (χ1v) is 9.11. The summed E-state index contributed by atoms with van der Waals surface area (Å²) in [6, 6.07) is 1.98. The van der Waals surface area contributed by atoms with Crippen molar-refractivity contribution in [3.05, 3.63) is 22.8 Å². The Morgan fingerprint density at radius 2 is 1.92 bits per heavy atom. The van der Waals surface area contributed by atoms with Gasteiger partial charge in [-0.2, -0.15) is 0 Å². The van der Waals surface area contributed by atoms with Crippen molar-refractivity contribution in [3.8, 4) is 11.5 Å². The number of methoxy groups -OCH3 is 1. The van der Waals surface area contributed by atoms with Crippen molar-refractivity contribution in [1.82, 2.24) is 0 Å². The number of ketones is 1. The minimum Gasteiger partial charge on any atom is -0.504 e. The molecule has 3 rings (SSSR count). The Morgan fingerprint density at radius 1 is 1.25 bits per heavy atom. The second-order valence-electron chi connectivity index (χ2n) is 8.86. The third kappa shape index (κ3) is 2.28. The minimum absolute atomic E-state index is 0.108. The van der Waals surface area contributed by atoms with E-state index >= 15 is 0 Å². The maximum absolute atomic E-state index is 12.9. The minimum atomic E-state index is -0.169. The number of carbonyl (C=O) groups is 1. The molecule has 0 bridgehead atoms. The Labute approximate surface area is 145 Å². The summed E-state index contributed by atoms with van der Waals surface area (Å²) < 4.78 is 5.55. The molecule has 1 saturated carbocycles. The molecule has 0 amide bonds. The van der Waals surface area contributed by atoms with E-state index in [0.717, 1.165) is 30.4 Å². The number of ether oxygens (including phenoxy) is 1. The third-order valence-corrected chi connectivity index (χ3v) is 6.60. The Hall–Kier alpha value is -1.51. The van der Waals surface area contributed by atoms with Gasteiger partial charge >= 0.3 is 0 Å². The van der Waals surface area contributed by atoms with Crippen LogP contribution in [-0.4, -0.2) is 18.0 Å². The number of fused-ring (bicyclic) bond motifs is 3. The molecular weight excluding hydrogens is 300 g/mol. The largest absolute Gasteiger partial charge is 0.504 e. The molecule has 24 heavy (non-hydrogen) atoms. The summed E-state index contributed by atoms with van der Waals surface area (Å²) in [6.45, 7) is 10.9. The molecule has 0 radical (unpaired) electrons. The van der Waals surface area contributed by atoms with E-state index in [2.05, 4.69) is 34.6 Å². The number of aromatic hydroxyl groups is 1. The number of rotatable bonds is 2. The smallest absolute Gasteiger partial charge is 0.164 e. The second-order valence-corrected chi connectivity index (χ2v) is 8.86. The van der Waals surface area contributed by atoms with Crippen LogP contribution in [0.25, 0.3) is 0 Å². The van der Waals surface area contributed by atoms with E-state index in [1.54, 1.807) is 7.11 Å². The molecule has 1 N–H and O–H groups in total. The average Bonchev–Trinajstić information content (AvgIpc) is 2.48. The van der Waals surface area contributed by atoms with Gasteiger partial charge in [-0.05, 0) is 36.2 Å². The van der Waals surface area contributed by atoms with Crippen molar-refractivity contribution in [2.75, 3.05) is 7.11 Å². The molecule has 0 saturated heterocycles. The molecule has 0 aromatic heterocycles. The van der Waals surface area contributed by atoms with E-state index in [4.69, 9.17) is 4.74 Å². The fourth-order valence-corrected chi connectivity index (χ4v) is 5.33. The molecule has 0 aliphatic heterocycles. The van der Waals surface area contributed by atoms with Crippen molar-refractivity contribution in [2.45, 2.75) is 71.6 Å². The Bertz CT molecular complexity index is 687. The molecular formula is C21H30O3. The standard InChI is InChI=1S/C21H30O3/c1-12(2)13-10-14-15(22)11-16-20(3,4)8-7-9-21(16,5)17(14)18(23)19(13)24-6/h10,12,16,23H,7-9,11H2,1-6H3/t16-,21+/m1/s1. The molecule has 2 aliphatic carbocycles. The molecule has 0 unspecified atom stereocenters. The van der Waals surface area contributed by atoms with E-state index in [-0.39, 0.29) is 34.2 Å². The average molecular weight is 330 g/mol. The summed E-state index contributed by atoms with van der Waals surface area (Å²) in [6.07, 6.45) is 3.86. The van der Waals surface area contributed by atoms with Crippen molar-refractivity contribution in [1.29, 1.82) is 0 Å². The number of hydrogen-bond donors (Lipinski definition) is 1. The lowest BCUT2D eigenvalue weighted by Gasteiger charge is -2.54. The molecule has 0 heterocycles. The van der Waals surface area contributed by atoms with E-state index < -0.39 is 0 Å². The molecule has 1 fully saturated rings. The number of carbonyl (C=O) groups excluding carboxylic acids is 1. The van der Waals surface area contributed by atoms with E-state index in [9.17, 15) is 9.90 Å². The van der Waals surface area contributed by atoms with E-state index in [1.165, 1.54) is 0 Å². The molecule has 0 spiro atoms. The fourth-order valence-electron chi connectivity index (χ4n) is 5.33. The predicted octanol–water partition coefficient (Wildman–Crippen LogP) is 5.19. The third-order valence-electron chi connectivity index (χ3n) is 6.60. The molecule has 1 aromatic rings. The van der Waals surface area contributed by atoms with Crippen LogP contribution in [0.4, 0.5) is 0 Å². The summed E-state index contributed by atoms with van der Waals surface area (Å²) in [5.74, 6) is 1.36. The van der Waals surface area contributed by atoms with Gasteiger partial charge in [-0.25, -0.2) is 0 Å². The normalized spacial score (nSPS) is 28.5. The number of Topliss-reactive ketones (excluding diaryl/α,β-unsaturated/α-hetero) is 1. The van der Waals surface area contributed by atoms with Crippen molar-refractivity contribution in [2.24, 2.45) is 11.3 Å². The predicted molar refractivity (Wildman–Crippen MR) is 96.2 cm³/mol. The van der Waals surface area contributed by atoms with Crippen LogP contribution < -0.4 is 4.74 Å². The van der Waals surface area contributed by atoms with Gasteiger partial charge in [-0.1, -0.05) is 41.0 Å². The lowest BCUT2D eigenvalue weighted by molar-refractivity contribution is 0.0354. The number of benzene rings is 1.